The van der Waals surface area contributed by atoms with Gasteiger partial charge in [0.05, 0.1) is 34.8 Å². The summed E-state index contributed by atoms with van der Waals surface area (Å²) < 4.78 is 40.9. The third-order valence-corrected chi connectivity index (χ3v) is 10.6. The maximum absolute atomic E-state index is 13.4. The van der Waals surface area contributed by atoms with Crippen LogP contribution in [0.4, 0.5) is 27.4 Å². The highest BCUT2D eigenvalue weighted by atomic mass is 32.2. The summed E-state index contributed by atoms with van der Waals surface area (Å²) in [5.74, 6) is 0.718. The maximum atomic E-state index is 13.4. The molecule has 2 N–H and O–H groups in total. The van der Waals surface area contributed by atoms with Gasteiger partial charge in [0.15, 0.2) is 0 Å². The first-order valence-corrected chi connectivity index (χ1v) is 14.2. The Hall–Kier alpha value is -2.88. The number of benzene rings is 1. The van der Waals surface area contributed by atoms with Gasteiger partial charge in [-0.25, -0.2) is 17.8 Å². The van der Waals surface area contributed by atoms with Crippen molar-refractivity contribution in [2.24, 2.45) is 5.41 Å². The highest BCUT2D eigenvalue weighted by Crippen LogP contribution is 2.54. The van der Waals surface area contributed by atoms with Crippen LogP contribution in [-0.2, 0) is 10.0 Å². The molecule has 1 spiro atoms. The first kappa shape index (κ1) is 23.5. The van der Waals surface area contributed by atoms with E-state index in [0.717, 1.165) is 31.6 Å². The molecule has 8 nitrogen and oxygen atoms in total. The Bertz CT molecular complexity index is 1290. The van der Waals surface area contributed by atoms with Crippen molar-refractivity contribution in [1.82, 2.24) is 4.98 Å². The highest BCUT2D eigenvalue weighted by molar-refractivity contribution is 7.94. The van der Waals surface area contributed by atoms with Crippen LogP contribution in [0.2, 0.25) is 0 Å². The number of carbonyl (C=O) groups is 1. The molecule has 1 aromatic heterocycles. The first-order valence-electron chi connectivity index (χ1n) is 12.7. The lowest BCUT2D eigenvalue weighted by Gasteiger charge is -2.35. The van der Waals surface area contributed by atoms with Gasteiger partial charge in [0, 0.05) is 13.1 Å². The number of nitrogens with zero attached hydrogens (tertiary/aromatic N) is 3. The molecule has 6 rings (SSSR count). The Balaban J connectivity index is 1.26. The molecule has 192 valence electrons. The van der Waals surface area contributed by atoms with Gasteiger partial charge in [0.1, 0.15) is 17.8 Å². The van der Waals surface area contributed by atoms with Crippen LogP contribution in [0.15, 0.2) is 36.4 Å². The van der Waals surface area contributed by atoms with Crippen molar-refractivity contribution in [2.75, 3.05) is 46.0 Å². The fourth-order valence-electron chi connectivity index (χ4n) is 5.14. The van der Waals surface area contributed by atoms with Crippen LogP contribution in [0, 0.1) is 5.41 Å². The van der Waals surface area contributed by atoms with E-state index >= 15 is 0 Å². The molecule has 2 saturated heterocycles. The van der Waals surface area contributed by atoms with Gasteiger partial charge in [0.25, 0.3) is 5.91 Å². The number of piperidine rings is 1. The average Bonchev–Trinajstić information content (AvgIpc) is 3.76. The predicted octanol–water partition coefficient (Wildman–Crippen LogP) is 4.17. The second-order valence-corrected chi connectivity index (χ2v) is 13.3. The normalized spacial score (nSPS) is 22.2. The van der Waals surface area contributed by atoms with E-state index in [1.807, 2.05) is 4.90 Å². The summed E-state index contributed by atoms with van der Waals surface area (Å²) in [6.45, 7) is 4.04. The molecule has 10 heteroatoms. The average molecular weight is 514 g/mol. The summed E-state index contributed by atoms with van der Waals surface area (Å²) in [5, 5.41) is 2.89. The molecule has 2 aromatic rings. The van der Waals surface area contributed by atoms with Gasteiger partial charge in [-0.1, -0.05) is 6.07 Å². The van der Waals surface area contributed by atoms with Crippen LogP contribution in [0.3, 0.4) is 0 Å². The largest absolute Gasteiger partial charge is 0.371 e. The van der Waals surface area contributed by atoms with Crippen LogP contribution in [0.5, 0.6) is 0 Å². The van der Waals surface area contributed by atoms with Gasteiger partial charge >= 0.3 is 0 Å². The zero-order valence-corrected chi connectivity index (χ0v) is 21.3. The molecule has 0 bridgehead atoms. The summed E-state index contributed by atoms with van der Waals surface area (Å²) in [6.07, 6.45) is 5.17. The SMILES string of the molecule is CC1(S(=O)(=O)Nc2ccc(C(=O)Nc3cccc(N4CC(F)C4)n3)c(N3CCC4(CC3)CC4)c2)CC1. The van der Waals surface area contributed by atoms with E-state index in [0.29, 0.717) is 54.2 Å². The Morgan fingerprint density at radius 3 is 2.39 bits per heavy atom. The van der Waals surface area contributed by atoms with Gasteiger partial charge in [-0.05, 0) is 81.2 Å². The number of halogens is 1. The molecule has 1 amide bonds. The number of aromatic nitrogens is 1. The van der Waals surface area contributed by atoms with E-state index in [1.54, 1.807) is 43.3 Å². The Morgan fingerprint density at radius 2 is 1.75 bits per heavy atom. The zero-order valence-electron chi connectivity index (χ0n) is 20.5. The number of anilines is 4. The van der Waals surface area contributed by atoms with Gasteiger partial charge in [-0.2, -0.15) is 0 Å². The van der Waals surface area contributed by atoms with Crippen LogP contribution >= 0.6 is 0 Å². The quantitative estimate of drug-likeness (QED) is 0.577. The lowest BCUT2D eigenvalue weighted by molar-refractivity contribution is 0.102. The fraction of sp³-hybridized carbons (Fsp3) is 0.538. The van der Waals surface area contributed by atoms with Gasteiger partial charge < -0.3 is 15.1 Å². The Labute approximate surface area is 211 Å². The molecule has 0 radical (unpaired) electrons. The minimum atomic E-state index is -3.50. The second kappa shape index (κ2) is 8.33. The summed E-state index contributed by atoms with van der Waals surface area (Å²) >= 11 is 0. The Morgan fingerprint density at radius 1 is 1.03 bits per heavy atom. The molecule has 3 heterocycles. The first-order chi connectivity index (χ1) is 17.2. The molecule has 0 atom stereocenters. The minimum Gasteiger partial charge on any atom is -0.371 e. The third-order valence-electron chi connectivity index (χ3n) is 8.36. The second-order valence-electron chi connectivity index (χ2n) is 11.1. The van der Waals surface area contributed by atoms with Crippen molar-refractivity contribution < 1.29 is 17.6 Å². The molecular formula is C26H32FN5O3S. The molecule has 1 aromatic carbocycles. The number of amides is 1. The van der Waals surface area contributed by atoms with Gasteiger partial charge in [-0.15, -0.1) is 0 Å². The summed E-state index contributed by atoms with van der Waals surface area (Å²) in [6, 6.07) is 10.4. The molecule has 4 fully saturated rings. The molecule has 36 heavy (non-hydrogen) atoms. The summed E-state index contributed by atoms with van der Waals surface area (Å²) in [7, 11) is -3.50. The Kier molecular flexibility index (Phi) is 5.44. The molecule has 2 aliphatic heterocycles. The van der Waals surface area contributed by atoms with E-state index in [9.17, 15) is 17.6 Å². The van der Waals surface area contributed by atoms with E-state index in [-0.39, 0.29) is 5.91 Å². The molecule has 4 aliphatic rings. The predicted molar refractivity (Wildman–Crippen MR) is 139 cm³/mol. The van der Waals surface area contributed by atoms with Crippen LogP contribution in [0.25, 0.3) is 0 Å². The van der Waals surface area contributed by atoms with Crippen LogP contribution in [0.1, 0.15) is 55.8 Å². The van der Waals surface area contributed by atoms with Crippen molar-refractivity contribution in [2.45, 2.75) is 56.4 Å². The third kappa shape index (κ3) is 4.40. The van der Waals surface area contributed by atoms with Crippen molar-refractivity contribution in [1.29, 1.82) is 0 Å². The highest BCUT2D eigenvalue weighted by Gasteiger charge is 2.50. The molecule has 0 unspecified atom stereocenters. The minimum absolute atomic E-state index is 0.307. The maximum Gasteiger partial charge on any atom is 0.258 e. The monoisotopic (exact) mass is 513 g/mol. The standard InChI is InChI=1S/C26H32FN5O3S/c1-25(7-8-25)36(34,35)30-19-5-6-20(21(15-19)31-13-11-26(9-10-26)12-14-31)24(33)29-22-3-2-4-23(28-22)32-16-18(27)17-32/h2-6,15,18,30H,7-14,16-17H2,1H3,(H,28,29,33). The van der Waals surface area contributed by atoms with E-state index in [1.165, 1.54) is 12.8 Å². The summed E-state index contributed by atoms with van der Waals surface area (Å²) in [5.41, 5.74) is 2.14. The number of hydrogen-bond acceptors (Lipinski definition) is 6. The lowest BCUT2D eigenvalue weighted by atomic mass is 9.93. The number of hydrogen-bond donors (Lipinski definition) is 2. The van der Waals surface area contributed by atoms with Crippen molar-refractivity contribution in [3.8, 4) is 0 Å². The summed E-state index contributed by atoms with van der Waals surface area (Å²) in [4.78, 5) is 21.9. The van der Waals surface area contributed by atoms with Gasteiger partial charge in [0.2, 0.25) is 10.0 Å². The van der Waals surface area contributed by atoms with E-state index < -0.39 is 20.9 Å². The smallest absolute Gasteiger partial charge is 0.258 e. The fourth-order valence-corrected chi connectivity index (χ4v) is 6.46. The number of carbonyl (C=O) groups excluding carboxylic acids is 1. The van der Waals surface area contributed by atoms with Crippen molar-refractivity contribution in [3.63, 3.8) is 0 Å². The topological polar surface area (TPSA) is 94.6 Å². The number of sulfonamides is 1. The van der Waals surface area contributed by atoms with Crippen LogP contribution < -0.4 is 19.8 Å². The van der Waals surface area contributed by atoms with E-state index in [4.69, 9.17) is 0 Å². The zero-order chi connectivity index (χ0) is 25.1. The van der Waals surface area contributed by atoms with Crippen molar-refractivity contribution >= 4 is 38.9 Å². The molecule has 2 aliphatic carbocycles. The lowest BCUT2D eigenvalue weighted by Crippen LogP contribution is -2.48. The number of alkyl halides is 1. The van der Waals surface area contributed by atoms with Crippen molar-refractivity contribution in [3.05, 3.63) is 42.0 Å². The van der Waals surface area contributed by atoms with Crippen LogP contribution in [-0.4, -0.2) is 56.4 Å². The van der Waals surface area contributed by atoms with E-state index in [2.05, 4.69) is 19.9 Å². The number of nitrogens with one attached hydrogen (secondary N) is 2. The molecular weight excluding hydrogens is 481 g/mol. The number of rotatable bonds is 7. The molecule has 2 saturated carbocycles. The van der Waals surface area contributed by atoms with Gasteiger partial charge in [-0.3, -0.25) is 9.52 Å². The number of pyridine rings is 1.